The van der Waals surface area contributed by atoms with Crippen LogP contribution in [0.5, 0.6) is 0 Å². The van der Waals surface area contributed by atoms with E-state index in [-0.39, 0.29) is 71.3 Å². The van der Waals surface area contributed by atoms with Crippen LogP contribution in [0.4, 0.5) is 0 Å². The van der Waals surface area contributed by atoms with Gasteiger partial charge in [-0.3, -0.25) is 4.79 Å². The van der Waals surface area contributed by atoms with Gasteiger partial charge in [-0.2, -0.15) is 29.8 Å². The largest absolute Gasteiger partial charge is 0.509 e. The minimum atomic E-state index is -0.565. The Bertz CT molecular complexity index is 596. The predicted octanol–water partition coefficient (Wildman–Crippen LogP) is 2.10. The van der Waals surface area contributed by atoms with E-state index in [0.717, 1.165) is 37.1 Å². The second kappa shape index (κ2) is 8.85. The van der Waals surface area contributed by atoms with E-state index in [1.165, 1.54) is 0 Å². The number of piperidine rings is 1. The third-order valence-electron chi connectivity index (χ3n) is 4.45. The van der Waals surface area contributed by atoms with E-state index in [2.05, 4.69) is 23.3 Å². The molecular formula is C17H22N2O2YZn-2. The minimum Gasteiger partial charge on any atom is -0.509 e. The fraction of sp³-hybridized carbons (Fsp3) is 0.412. The van der Waals surface area contributed by atoms with Crippen LogP contribution < -0.4 is 5.32 Å². The summed E-state index contributed by atoms with van der Waals surface area (Å²) in [5, 5.41) is 13.7. The Hall–Kier alpha value is -0.0827. The summed E-state index contributed by atoms with van der Waals surface area (Å²) in [5.41, 5.74) is 1.62. The zero-order valence-corrected chi connectivity index (χ0v) is 20.0. The molecule has 23 heavy (non-hydrogen) atoms. The molecule has 1 aromatic carbocycles. The van der Waals surface area contributed by atoms with Crippen LogP contribution in [0.2, 0.25) is 0 Å². The van der Waals surface area contributed by atoms with Gasteiger partial charge in [-0.05, 0) is 19.9 Å². The molecule has 2 aliphatic rings. The van der Waals surface area contributed by atoms with E-state index >= 15 is 0 Å². The number of rotatable bonds is 1. The van der Waals surface area contributed by atoms with Gasteiger partial charge in [-0.1, -0.05) is 6.92 Å². The van der Waals surface area contributed by atoms with Crippen molar-refractivity contribution in [2.75, 3.05) is 20.1 Å². The van der Waals surface area contributed by atoms with Crippen molar-refractivity contribution in [2.45, 2.75) is 25.3 Å². The van der Waals surface area contributed by atoms with Crippen molar-refractivity contribution in [3.8, 4) is 0 Å². The minimum absolute atomic E-state index is 0. The molecule has 1 spiro atoms. The normalized spacial score (nSPS) is 19.5. The monoisotopic (exact) mass is 439 g/mol. The van der Waals surface area contributed by atoms with Crippen LogP contribution in [0.25, 0.3) is 5.57 Å². The molecule has 119 valence electrons. The maximum atomic E-state index is 12.3. The summed E-state index contributed by atoms with van der Waals surface area (Å²) in [6.07, 6.45) is 1.51. The van der Waals surface area contributed by atoms with Crippen LogP contribution in [0.15, 0.2) is 24.0 Å². The van der Waals surface area contributed by atoms with Crippen LogP contribution in [0.1, 0.15) is 24.0 Å². The van der Waals surface area contributed by atoms with Crippen LogP contribution in [-0.2, 0) is 57.0 Å². The van der Waals surface area contributed by atoms with Crippen molar-refractivity contribution in [2.24, 2.45) is 0 Å². The Labute approximate surface area is 176 Å². The molecule has 4 nitrogen and oxygen atoms in total. The van der Waals surface area contributed by atoms with E-state index in [0.29, 0.717) is 5.57 Å². The molecule has 0 bridgehead atoms. The zero-order chi connectivity index (χ0) is 14.3. The second-order valence-electron chi connectivity index (χ2n) is 5.80. The van der Waals surface area contributed by atoms with Crippen molar-refractivity contribution in [1.82, 2.24) is 10.2 Å². The van der Waals surface area contributed by atoms with Gasteiger partial charge in [0.2, 0.25) is 0 Å². The average molecular weight is 441 g/mol. The molecule has 2 N–H and O–H groups in total. The molecule has 3 rings (SSSR count). The topological polar surface area (TPSA) is 52.6 Å². The number of benzene rings is 1. The zero-order valence-electron chi connectivity index (χ0n) is 14.1. The van der Waals surface area contributed by atoms with Crippen molar-refractivity contribution >= 4 is 11.5 Å². The van der Waals surface area contributed by atoms with E-state index in [9.17, 15) is 9.90 Å². The number of likely N-dealkylation sites (tertiary alicyclic amines) is 1. The van der Waals surface area contributed by atoms with E-state index in [1.807, 2.05) is 19.1 Å². The number of aliphatic hydroxyl groups excluding tert-OH is 1. The molecule has 1 fully saturated rings. The summed E-state index contributed by atoms with van der Waals surface area (Å²) in [4.78, 5) is 14.6. The van der Waals surface area contributed by atoms with Gasteiger partial charge in [0.15, 0.2) is 0 Å². The van der Waals surface area contributed by atoms with Crippen LogP contribution in [0.3, 0.4) is 0 Å². The van der Waals surface area contributed by atoms with E-state index < -0.39 is 5.54 Å². The summed E-state index contributed by atoms with van der Waals surface area (Å²) in [6, 6.07) is 8.44. The maximum Gasteiger partial charge on any atom is 0.254 e. The molecule has 2 heterocycles. The molecular weight excluding hydrogens is 418 g/mol. The first kappa shape index (κ1) is 22.9. The summed E-state index contributed by atoms with van der Waals surface area (Å²) < 4.78 is 0. The molecule has 0 unspecified atom stereocenters. The quantitative estimate of drug-likeness (QED) is 0.520. The first-order valence-corrected chi connectivity index (χ1v) is 6.95. The molecule has 0 aromatic heterocycles. The molecule has 0 atom stereocenters. The van der Waals surface area contributed by atoms with Crippen LogP contribution >= 0.6 is 0 Å². The standard InChI is InChI=1S/C16H19N2O2.CH3.Y.Zn/c1-11-5-3-4-6-12(11)13-14(19)16(17-15(13)20)7-9-18(2)10-8-16;;;/h4-6,19H,7-10H2,1-2H3,(H,17,20);1H3;;/q2*-1;;. The van der Waals surface area contributed by atoms with Crippen molar-refractivity contribution in [1.29, 1.82) is 0 Å². The second-order valence-corrected chi connectivity index (χ2v) is 5.80. The number of carbonyl (C=O) groups excluding carboxylic acids is 1. The molecule has 6 heteroatoms. The number of carbonyl (C=O) groups is 1. The third-order valence-corrected chi connectivity index (χ3v) is 4.45. The van der Waals surface area contributed by atoms with Gasteiger partial charge in [-0.15, -0.1) is 5.56 Å². The maximum absolute atomic E-state index is 12.3. The number of aryl methyl sites for hydroxylation is 1. The molecule has 0 aliphatic carbocycles. The van der Waals surface area contributed by atoms with Crippen molar-refractivity contribution < 1.29 is 62.1 Å². The Morgan fingerprint density at radius 2 is 1.96 bits per heavy atom. The van der Waals surface area contributed by atoms with Crippen molar-refractivity contribution in [3.05, 3.63) is 48.6 Å². The predicted molar refractivity (Wildman–Crippen MR) is 83.6 cm³/mol. The Balaban J connectivity index is 0.00000161. The number of amides is 1. The SMILES string of the molecule is Cc1c[c-]ccc1C1=C(O)C2(CCN(C)CC2)NC1=O.[CH3-].[Y].[Zn]. The number of hydrogen-bond acceptors (Lipinski definition) is 3. The first-order chi connectivity index (χ1) is 9.53. The molecule has 0 saturated carbocycles. The van der Waals surface area contributed by atoms with Crippen LogP contribution in [0, 0.1) is 20.4 Å². The smallest absolute Gasteiger partial charge is 0.254 e. The van der Waals surface area contributed by atoms with E-state index in [4.69, 9.17) is 0 Å². The van der Waals surface area contributed by atoms with Gasteiger partial charge in [0.05, 0.1) is 5.57 Å². The Morgan fingerprint density at radius 1 is 1.35 bits per heavy atom. The number of nitrogens with zero attached hydrogens (tertiary/aromatic N) is 1. The van der Waals surface area contributed by atoms with Crippen LogP contribution in [-0.4, -0.2) is 41.6 Å². The summed E-state index contributed by atoms with van der Waals surface area (Å²) in [5.74, 6) is 0.0475. The Kier molecular flexibility index (Phi) is 8.82. The molecule has 1 saturated heterocycles. The fourth-order valence-corrected chi connectivity index (χ4v) is 3.09. The summed E-state index contributed by atoms with van der Waals surface area (Å²) in [6.45, 7) is 3.68. The molecule has 1 radical (unpaired) electrons. The molecule has 1 aromatic rings. The summed E-state index contributed by atoms with van der Waals surface area (Å²) >= 11 is 0. The molecule has 2 aliphatic heterocycles. The third kappa shape index (κ3) is 4.12. The molecule has 1 amide bonds. The fourth-order valence-electron chi connectivity index (χ4n) is 3.09. The average Bonchev–Trinajstić information content (AvgIpc) is 2.66. The van der Waals surface area contributed by atoms with Gasteiger partial charge in [-0.25, -0.2) is 0 Å². The van der Waals surface area contributed by atoms with Gasteiger partial charge in [0.1, 0.15) is 11.3 Å². The van der Waals surface area contributed by atoms with Gasteiger partial charge < -0.3 is 22.7 Å². The van der Waals surface area contributed by atoms with Crippen molar-refractivity contribution in [3.63, 3.8) is 0 Å². The van der Waals surface area contributed by atoms with Gasteiger partial charge >= 0.3 is 0 Å². The van der Waals surface area contributed by atoms with Gasteiger partial charge in [0.25, 0.3) is 5.91 Å². The summed E-state index contributed by atoms with van der Waals surface area (Å²) in [7, 11) is 2.06. The first-order valence-electron chi connectivity index (χ1n) is 6.95. The number of hydrogen-bond donors (Lipinski definition) is 2. The van der Waals surface area contributed by atoms with Gasteiger partial charge in [0, 0.05) is 65.3 Å². The van der Waals surface area contributed by atoms with E-state index in [1.54, 1.807) is 6.07 Å². The number of aliphatic hydroxyl groups is 1. The number of nitrogens with one attached hydrogen (secondary N) is 1. The Morgan fingerprint density at radius 3 is 2.52 bits per heavy atom.